The number of carbonyl (C=O) groups excluding carboxylic acids is 10. The van der Waals surface area contributed by atoms with Crippen molar-refractivity contribution < 1.29 is 114 Å². The van der Waals surface area contributed by atoms with Crippen LogP contribution in [0.15, 0.2) is 182 Å². The van der Waals surface area contributed by atoms with Gasteiger partial charge in [-0.1, -0.05) is 163 Å². The summed E-state index contributed by atoms with van der Waals surface area (Å²) in [4.78, 5) is 147. The molecule has 0 amide bonds. The number of rotatable bonds is 34. The minimum Gasteiger partial charge on any atom is -0.463 e. The van der Waals surface area contributed by atoms with Crippen LogP contribution in [0.25, 0.3) is 22.3 Å². The van der Waals surface area contributed by atoms with Crippen LogP contribution in [0.5, 0.6) is 11.5 Å². The fourth-order valence-electron chi connectivity index (χ4n) is 17.7. The van der Waals surface area contributed by atoms with Gasteiger partial charge in [0.25, 0.3) is 0 Å². The molecule has 8 bridgehead atoms. The zero-order valence-corrected chi connectivity index (χ0v) is 76.6. The maximum absolute atomic E-state index is 13.4. The number of aromatic amines is 4. The molecule has 28 nitrogen and oxygen atoms in total. The summed E-state index contributed by atoms with van der Waals surface area (Å²) < 4.78 is 84.1. The minimum atomic E-state index is -2.73. The summed E-state index contributed by atoms with van der Waals surface area (Å²) in [5.41, 5.74) is 17.9. The van der Waals surface area contributed by atoms with E-state index in [1.807, 2.05) is 60.7 Å². The van der Waals surface area contributed by atoms with E-state index in [4.69, 9.17) is 66.3 Å². The van der Waals surface area contributed by atoms with Crippen molar-refractivity contribution >= 4 is 82.0 Å². The highest BCUT2D eigenvalue weighted by atomic mass is 16.8. The van der Waals surface area contributed by atoms with E-state index in [0.717, 1.165) is 167 Å². The van der Waals surface area contributed by atoms with Crippen molar-refractivity contribution in [3.05, 3.63) is 293 Å². The van der Waals surface area contributed by atoms with Crippen molar-refractivity contribution in [3.8, 4) is 11.5 Å². The first kappa shape index (κ1) is 95.7. The molecule has 3 aliphatic heterocycles. The van der Waals surface area contributed by atoms with Crippen molar-refractivity contribution in [3.63, 3.8) is 0 Å². The van der Waals surface area contributed by atoms with Gasteiger partial charge in [-0.05, 0) is 191 Å². The van der Waals surface area contributed by atoms with Gasteiger partial charge in [-0.15, -0.1) is 0 Å². The predicted molar refractivity (Wildman–Crippen MR) is 484 cm³/mol. The number of ether oxygens (including phenoxy) is 14. The maximum Gasteiger partial charge on any atom is 0.327 e. The van der Waals surface area contributed by atoms with E-state index >= 15 is 0 Å². The summed E-state index contributed by atoms with van der Waals surface area (Å²) >= 11 is 0. The standard InChI is InChI=1S/C104H112N4O24/c1-15-23-71-47-72(24-16-2)50-75(49-71)37-35-69-27-19-29-77(53-69)93-83-39-43-87(105-83)95(79-31-21-33-81(55-79)125-101-97(121-61(7)111)99(123-63(9)113)103(129-65(11)115,130-66(12)116)91(127-101)57-119-59(5)109)89-45-41-85(107-89)94(78-30-20-28-70(54-78)36-38-76-51-73(25-17-3)48-74(52-76)26-18-4)86-42-46-90(108-86)96(88-44-40-84(93)106-88)80-32-22-34-82(56-80)126-102-98(122-62(8)112)100(124-64(10)114)104(131-67(13)117,132-68(14)118)92(128-102)58-120-60(6)110/h19-22,27-34,39-56,91-92,97-102,105-108H,15-18,23-26,35-38,57-58H2,1-14H3. The van der Waals surface area contributed by atoms with Gasteiger partial charge >= 0.3 is 71.3 Å². The third-order valence-electron chi connectivity index (χ3n) is 22.6. The molecule has 4 aromatic heterocycles. The number of nitrogens with one attached hydrogen (secondary N) is 4. The van der Waals surface area contributed by atoms with Crippen LogP contribution >= 0.6 is 0 Å². The van der Waals surface area contributed by atoms with Crippen LogP contribution in [0.3, 0.4) is 0 Å². The molecule has 692 valence electrons. The first-order chi connectivity index (χ1) is 63.3. The molecule has 6 aromatic carbocycles. The van der Waals surface area contributed by atoms with E-state index in [1.54, 1.807) is 36.4 Å². The van der Waals surface area contributed by atoms with E-state index in [0.29, 0.717) is 79.3 Å². The Morgan fingerprint density at radius 3 is 0.833 bits per heavy atom. The summed E-state index contributed by atoms with van der Waals surface area (Å²) in [6.45, 7) is 17.7. The quantitative estimate of drug-likeness (QED) is 0.0165. The molecule has 8 unspecified atom stereocenters. The van der Waals surface area contributed by atoms with Crippen molar-refractivity contribution in [2.24, 2.45) is 0 Å². The molecule has 2 fully saturated rings. The average molecular weight is 1800 g/mol. The number of hydrogen-bond donors (Lipinski definition) is 4. The molecular weight excluding hydrogens is 1690 g/mol. The lowest BCUT2D eigenvalue weighted by atomic mass is 9.93. The average Bonchev–Trinajstić information content (AvgIpc) is 0.968. The van der Waals surface area contributed by atoms with Crippen molar-refractivity contribution in [1.29, 1.82) is 0 Å². The number of carbonyl (C=O) groups is 10. The second-order valence-corrected chi connectivity index (χ2v) is 33.3. The van der Waals surface area contributed by atoms with Crippen LogP contribution in [-0.2, 0) is 156 Å². The monoisotopic (exact) mass is 1800 g/mol. The van der Waals surface area contributed by atoms with E-state index in [9.17, 15) is 47.9 Å². The second-order valence-electron chi connectivity index (χ2n) is 33.3. The number of aromatic nitrogens is 4. The highest BCUT2D eigenvalue weighted by Gasteiger charge is 2.68. The van der Waals surface area contributed by atoms with Crippen molar-refractivity contribution in [2.45, 2.75) is 235 Å². The molecule has 7 heterocycles. The van der Waals surface area contributed by atoms with Gasteiger partial charge in [0, 0.05) is 136 Å². The number of H-pyrrole nitrogens is 4. The van der Waals surface area contributed by atoms with Crippen LogP contribution in [0.4, 0.5) is 0 Å². The lowest BCUT2D eigenvalue weighted by Crippen LogP contribution is -2.72. The minimum absolute atomic E-state index is 0.0930. The Morgan fingerprint density at radius 2 is 0.561 bits per heavy atom. The summed E-state index contributed by atoms with van der Waals surface area (Å²) in [5, 5.41) is 2.53. The SMILES string of the molecule is CCCc1cc(CCC)cc(CCc2cccc(C3=c4ccc([nH]4)=C(c4cccc(OC5OC(COC(C)=O)C(OC(C)=O)(OC(C)=O)C(OC(C)=O)C5OC(C)=O)c4)c4ccc([nH]4)C(c4cccc(CCc5cc(CCC)cc(CCC)c5)c4)=c4ccc([nH]4)=C(c4cccc(OC5OC(COC(C)=O)C(OC(C)=O)(OC(C)=O)C(OC(C)=O)C5OC(C)=O)c4)c4ccc3[nH]4)c2)c1. The van der Waals surface area contributed by atoms with Gasteiger partial charge < -0.3 is 86.3 Å². The lowest BCUT2D eigenvalue weighted by molar-refractivity contribution is -0.377. The molecule has 0 aliphatic carbocycles. The lowest BCUT2D eigenvalue weighted by Gasteiger charge is -2.49. The van der Waals surface area contributed by atoms with Crippen LogP contribution in [-0.4, -0.2) is 154 Å². The summed E-state index contributed by atoms with van der Waals surface area (Å²) in [6, 6.07) is 60.7. The van der Waals surface area contributed by atoms with E-state index < -0.39 is 134 Å². The van der Waals surface area contributed by atoms with Gasteiger partial charge in [-0.2, -0.15) is 0 Å². The van der Waals surface area contributed by atoms with E-state index in [2.05, 4.69) is 133 Å². The zero-order chi connectivity index (χ0) is 94.2. The van der Waals surface area contributed by atoms with Crippen LogP contribution in [0.2, 0.25) is 0 Å². The highest BCUT2D eigenvalue weighted by Crippen LogP contribution is 2.43. The Balaban J connectivity index is 1.03. The Bertz CT molecular complexity index is 5790. The fourth-order valence-corrected chi connectivity index (χ4v) is 17.7. The molecule has 10 aromatic rings. The molecular formula is C104H112N4O24. The summed E-state index contributed by atoms with van der Waals surface area (Å²) in [5.74, 6) is -14.9. The Labute approximate surface area is 764 Å². The zero-order valence-electron chi connectivity index (χ0n) is 76.6. The molecule has 8 atom stereocenters. The Hall–Kier alpha value is -13.9. The predicted octanol–water partition coefficient (Wildman–Crippen LogP) is 12.4. The highest BCUT2D eigenvalue weighted by molar-refractivity contribution is 5.86. The van der Waals surface area contributed by atoms with Gasteiger partial charge in [-0.25, -0.2) is 0 Å². The first-order valence-electron chi connectivity index (χ1n) is 44.6. The van der Waals surface area contributed by atoms with Gasteiger partial charge in [0.05, 0.1) is 0 Å². The first-order valence-corrected chi connectivity index (χ1v) is 44.6. The molecule has 2 saturated heterocycles. The van der Waals surface area contributed by atoms with Crippen LogP contribution in [0, 0.1) is 0 Å². The topological polar surface area (TPSA) is 363 Å². The van der Waals surface area contributed by atoms with Gasteiger partial charge in [-0.3, -0.25) is 47.9 Å². The van der Waals surface area contributed by atoms with E-state index in [1.165, 1.54) is 33.4 Å². The van der Waals surface area contributed by atoms with Crippen molar-refractivity contribution in [2.75, 3.05) is 13.2 Å². The van der Waals surface area contributed by atoms with Crippen LogP contribution < -0.4 is 30.9 Å². The van der Waals surface area contributed by atoms with Gasteiger partial charge in [0.1, 0.15) is 24.7 Å². The molecule has 0 radical (unpaired) electrons. The summed E-state index contributed by atoms with van der Waals surface area (Å²) in [7, 11) is 0. The largest absolute Gasteiger partial charge is 0.463 e. The molecule has 132 heavy (non-hydrogen) atoms. The number of hydrogen-bond acceptors (Lipinski definition) is 24. The number of esters is 10. The molecule has 0 spiro atoms. The normalized spacial score (nSPS) is 18.3. The molecule has 13 rings (SSSR count). The maximum atomic E-state index is 13.4. The van der Waals surface area contributed by atoms with Crippen molar-refractivity contribution in [1.82, 2.24) is 19.9 Å². The number of benzene rings is 6. The fraction of sp³-hybridized carbons (Fsp3) is 0.365. The molecule has 3 aliphatic rings. The van der Waals surface area contributed by atoms with Gasteiger partial charge in [0.2, 0.25) is 37.0 Å². The van der Waals surface area contributed by atoms with E-state index in [-0.39, 0.29) is 11.5 Å². The molecule has 0 saturated carbocycles. The third kappa shape index (κ3) is 23.1. The third-order valence-corrected chi connectivity index (χ3v) is 22.6. The van der Waals surface area contributed by atoms with Crippen LogP contribution in [0.1, 0.15) is 212 Å². The van der Waals surface area contributed by atoms with Gasteiger partial charge in [0.15, 0.2) is 12.2 Å². The Morgan fingerprint density at radius 1 is 0.288 bits per heavy atom. The number of fused-ring (bicyclic) bond motifs is 8. The summed E-state index contributed by atoms with van der Waals surface area (Å²) in [6.07, 6.45) is -3.97. The molecule has 4 N–H and O–H groups in total. The Kier molecular flexibility index (Phi) is 31.0. The number of aryl methyl sites for hydroxylation is 8. The smallest absolute Gasteiger partial charge is 0.327 e. The molecule has 28 heteroatoms. The second kappa shape index (κ2) is 42.8.